The van der Waals surface area contributed by atoms with Gasteiger partial charge in [0.05, 0.1) is 0 Å². The van der Waals surface area contributed by atoms with Crippen molar-refractivity contribution in [2.45, 2.75) is 27.2 Å². The molecule has 82 valence electrons. The van der Waals surface area contributed by atoms with Crippen molar-refractivity contribution in [3.8, 4) is 0 Å². The maximum atomic E-state index is 10.5. The Kier molecular flexibility index (Phi) is 4.28. The Labute approximate surface area is 91.1 Å². The minimum absolute atomic E-state index is 0.563. The largest absolute Gasteiger partial charge is 0.372 e. The third kappa shape index (κ3) is 2.55. The van der Waals surface area contributed by atoms with Crippen LogP contribution in [0.1, 0.15) is 26.3 Å². The van der Waals surface area contributed by atoms with Gasteiger partial charge in [-0.15, -0.1) is 4.91 Å². The molecule has 1 aromatic rings. The van der Waals surface area contributed by atoms with E-state index in [4.69, 9.17) is 0 Å². The highest BCUT2D eigenvalue weighted by Gasteiger charge is 2.06. The van der Waals surface area contributed by atoms with E-state index in [1.165, 1.54) is 5.69 Å². The minimum Gasteiger partial charge on any atom is -0.372 e. The topological polar surface area (TPSA) is 32.7 Å². The number of nitroso groups, excluding NO2 is 1. The second-order valence-electron chi connectivity index (χ2n) is 3.43. The van der Waals surface area contributed by atoms with E-state index in [-0.39, 0.29) is 0 Å². The predicted octanol–water partition coefficient (Wildman–Crippen LogP) is 3.49. The van der Waals surface area contributed by atoms with Gasteiger partial charge in [0.25, 0.3) is 0 Å². The Bertz CT molecular complexity index is 332. The van der Waals surface area contributed by atoms with Crippen LogP contribution in [0.4, 0.5) is 11.4 Å². The molecule has 3 heteroatoms. The van der Waals surface area contributed by atoms with Crippen LogP contribution in [0.2, 0.25) is 0 Å². The average Bonchev–Trinajstić information content (AvgIpc) is 2.30. The fraction of sp³-hybridized carbons (Fsp3) is 0.500. The summed E-state index contributed by atoms with van der Waals surface area (Å²) in [6, 6.07) is 5.83. The van der Waals surface area contributed by atoms with Crippen LogP contribution in [0.3, 0.4) is 0 Å². The van der Waals surface area contributed by atoms with Crippen LogP contribution in [0.5, 0.6) is 0 Å². The lowest BCUT2D eigenvalue weighted by molar-refractivity contribution is 0.864. The van der Waals surface area contributed by atoms with Gasteiger partial charge in [0.15, 0.2) is 0 Å². The molecular weight excluding hydrogens is 188 g/mol. The SMILES string of the molecule is CCc1cc(N(CC)CC)ccc1N=O. The Morgan fingerprint density at radius 1 is 1.20 bits per heavy atom. The Hall–Kier alpha value is -1.38. The second kappa shape index (κ2) is 5.49. The van der Waals surface area contributed by atoms with Gasteiger partial charge in [-0.2, -0.15) is 0 Å². The lowest BCUT2D eigenvalue weighted by atomic mass is 10.1. The van der Waals surface area contributed by atoms with E-state index >= 15 is 0 Å². The maximum Gasteiger partial charge on any atom is 0.111 e. The van der Waals surface area contributed by atoms with Gasteiger partial charge in [0, 0.05) is 18.8 Å². The number of rotatable bonds is 5. The molecule has 0 atom stereocenters. The standard InChI is InChI=1S/C12H18N2O/c1-4-10-9-11(14(5-2)6-3)7-8-12(10)13-15/h7-9H,4-6H2,1-3H3. The summed E-state index contributed by atoms with van der Waals surface area (Å²) in [4.78, 5) is 12.8. The summed E-state index contributed by atoms with van der Waals surface area (Å²) in [7, 11) is 0. The van der Waals surface area contributed by atoms with Gasteiger partial charge in [-0.1, -0.05) is 6.92 Å². The van der Waals surface area contributed by atoms with Crippen LogP contribution >= 0.6 is 0 Å². The third-order valence-electron chi connectivity index (χ3n) is 2.67. The van der Waals surface area contributed by atoms with E-state index in [0.717, 1.165) is 25.1 Å². The van der Waals surface area contributed by atoms with Gasteiger partial charge >= 0.3 is 0 Å². The van der Waals surface area contributed by atoms with Crippen LogP contribution in [-0.2, 0) is 6.42 Å². The highest BCUT2D eigenvalue weighted by molar-refractivity contribution is 5.58. The third-order valence-corrected chi connectivity index (χ3v) is 2.67. The van der Waals surface area contributed by atoms with Crippen molar-refractivity contribution >= 4 is 11.4 Å². The van der Waals surface area contributed by atoms with Crippen molar-refractivity contribution in [1.82, 2.24) is 0 Å². The summed E-state index contributed by atoms with van der Waals surface area (Å²) < 4.78 is 0. The van der Waals surface area contributed by atoms with Gasteiger partial charge in [-0.05, 0) is 49.2 Å². The zero-order chi connectivity index (χ0) is 11.3. The van der Waals surface area contributed by atoms with Crippen LogP contribution in [0.15, 0.2) is 23.4 Å². The van der Waals surface area contributed by atoms with E-state index in [0.29, 0.717) is 5.69 Å². The van der Waals surface area contributed by atoms with Gasteiger partial charge in [0.2, 0.25) is 0 Å². The highest BCUT2D eigenvalue weighted by atomic mass is 16.3. The van der Waals surface area contributed by atoms with Gasteiger partial charge in [0.1, 0.15) is 5.69 Å². The molecule has 0 saturated heterocycles. The molecule has 0 aromatic heterocycles. The van der Waals surface area contributed by atoms with Crippen LogP contribution in [0, 0.1) is 4.91 Å². The molecule has 1 rings (SSSR count). The molecule has 0 N–H and O–H groups in total. The van der Waals surface area contributed by atoms with Gasteiger partial charge in [-0.25, -0.2) is 0 Å². The molecule has 0 fully saturated rings. The zero-order valence-corrected chi connectivity index (χ0v) is 9.66. The van der Waals surface area contributed by atoms with Crippen molar-refractivity contribution in [3.05, 3.63) is 28.7 Å². The number of nitrogens with zero attached hydrogens (tertiary/aromatic N) is 2. The van der Waals surface area contributed by atoms with Crippen LogP contribution < -0.4 is 4.90 Å². The van der Waals surface area contributed by atoms with Crippen molar-refractivity contribution in [3.63, 3.8) is 0 Å². The molecule has 0 aliphatic carbocycles. The molecule has 0 unspecified atom stereocenters. The molecule has 0 spiro atoms. The highest BCUT2D eigenvalue weighted by Crippen LogP contribution is 2.25. The van der Waals surface area contributed by atoms with Crippen molar-refractivity contribution < 1.29 is 0 Å². The predicted molar refractivity (Wildman–Crippen MR) is 64.8 cm³/mol. The number of hydrogen-bond donors (Lipinski definition) is 0. The lowest BCUT2D eigenvalue weighted by Crippen LogP contribution is -2.21. The second-order valence-corrected chi connectivity index (χ2v) is 3.43. The number of aryl methyl sites for hydroxylation is 1. The minimum atomic E-state index is 0.563. The monoisotopic (exact) mass is 206 g/mol. The summed E-state index contributed by atoms with van der Waals surface area (Å²) in [6.45, 7) is 8.25. The van der Waals surface area contributed by atoms with Crippen LogP contribution in [0.25, 0.3) is 0 Å². The van der Waals surface area contributed by atoms with E-state index in [2.05, 4.69) is 30.0 Å². The zero-order valence-electron chi connectivity index (χ0n) is 9.66. The Morgan fingerprint density at radius 3 is 2.33 bits per heavy atom. The first kappa shape index (κ1) is 11.7. The Morgan fingerprint density at radius 2 is 1.87 bits per heavy atom. The van der Waals surface area contributed by atoms with Crippen LogP contribution in [-0.4, -0.2) is 13.1 Å². The van der Waals surface area contributed by atoms with Gasteiger partial charge in [-0.3, -0.25) is 0 Å². The molecule has 0 saturated carbocycles. The smallest absolute Gasteiger partial charge is 0.111 e. The summed E-state index contributed by atoms with van der Waals surface area (Å²) >= 11 is 0. The molecule has 0 radical (unpaired) electrons. The van der Waals surface area contributed by atoms with Gasteiger partial charge < -0.3 is 4.90 Å². The molecule has 0 bridgehead atoms. The van der Waals surface area contributed by atoms with E-state index < -0.39 is 0 Å². The number of anilines is 1. The quantitative estimate of drug-likeness (QED) is 0.691. The molecule has 0 aliphatic heterocycles. The summed E-state index contributed by atoms with van der Waals surface area (Å²) in [6.07, 6.45) is 0.843. The normalized spacial score (nSPS) is 10.1. The summed E-state index contributed by atoms with van der Waals surface area (Å²) in [5.41, 5.74) is 2.76. The molecule has 3 nitrogen and oxygen atoms in total. The van der Waals surface area contributed by atoms with Crippen molar-refractivity contribution in [2.75, 3.05) is 18.0 Å². The fourth-order valence-corrected chi connectivity index (χ4v) is 1.73. The summed E-state index contributed by atoms with van der Waals surface area (Å²) in [5.74, 6) is 0. The molecule has 1 aromatic carbocycles. The molecule has 0 amide bonds. The number of hydrogen-bond acceptors (Lipinski definition) is 3. The molecule has 0 aliphatic rings. The van der Waals surface area contributed by atoms with Crippen molar-refractivity contribution in [2.24, 2.45) is 5.18 Å². The molecular formula is C12H18N2O. The lowest BCUT2D eigenvalue weighted by Gasteiger charge is -2.21. The van der Waals surface area contributed by atoms with E-state index in [1.807, 2.05) is 13.0 Å². The summed E-state index contributed by atoms with van der Waals surface area (Å²) in [5, 5.41) is 3.02. The first-order valence-electron chi connectivity index (χ1n) is 5.48. The Balaban J connectivity index is 3.06. The molecule has 15 heavy (non-hydrogen) atoms. The van der Waals surface area contributed by atoms with E-state index in [9.17, 15) is 4.91 Å². The average molecular weight is 206 g/mol. The maximum absolute atomic E-state index is 10.5. The molecule has 0 heterocycles. The number of benzene rings is 1. The first-order chi connectivity index (χ1) is 7.26. The van der Waals surface area contributed by atoms with Crippen molar-refractivity contribution in [1.29, 1.82) is 0 Å². The first-order valence-corrected chi connectivity index (χ1v) is 5.48. The van der Waals surface area contributed by atoms with E-state index in [1.54, 1.807) is 6.07 Å². The fourth-order valence-electron chi connectivity index (χ4n) is 1.73.